The lowest BCUT2D eigenvalue weighted by atomic mass is 10.1. The van der Waals surface area contributed by atoms with Gasteiger partial charge in [-0.3, -0.25) is 0 Å². The van der Waals surface area contributed by atoms with E-state index < -0.39 is 15.8 Å². The van der Waals surface area contributed by atoms with Crippen LogP contribution in [0, 0.1) is 5.82 Å². The van der Waals surface area contributed by atoms with E-state index in [0.717, 1.165) is 5.56 Å². The molecule has 0 aromatic heterocycles. The van der Waals surface area contributed by atoms with Gasteiger partial charge < -0.3 is 10.6 Å². The third kappa shape index (κ3) is 5.41. The van der Waals surface area contributed by atoms with Crippen LogP contribution in [0.3, 0.4) is 0 Å². The highest BCUT2D eigenvalue weighted by molar-refractivity contribution is 7.89. The van der Waals surface area contributed by atoms with Crippen LogP contribution in [0.1, 0.15) is 5.56 Å². The van der Waals surface area contributed by atoms with E-state index >= 15 is 0 Å². The molecule has 0 radical (unpaired) electrons. The average molecular weight is 388 g/mol. The smallest absolute Gasteiger partial charge is 0.238 e. The quantitative estimate of drug-likeness (QED) is 0.687. The van der Waals surface area contributed by atoms with Crippen molar-refractivity contribution in [2.24, 2.45) is 5.14 Å². The van der Waals surface area contributed by atoms with Gasteiger partial charge >= 0.3 is 0 Å². The Morgan fingerprint density at radius 3 is 2.46 bits per heavy atom. The summed E-state index contributed by atoms with van der Waals surface area (Å²) in [5, 5.41) is 11.3. The van der Waals surface area contributed by atoms with E-state index in [1.165, 1.54) is 24.3 Å². The molecule has 4 N–H and O–H groups in total. The highest BCUT2D eigenvalue weighted by atomic mass is 35.5. The maximum Gasteiger partial charge on any atom is 0.238 e. The van der Waals surface area contributed by atoms with Crippen LogP contribution < -0.4 is 15.8 Å². The molecule has 2 rings (SSSR count). The zero-order valence-electron chi connectivity index (χ0n) is 12.4. The summed E-state index contributed by atoms with van der Waals surface area (Å²) >= 11 is 10.7. The van der Waals surface area contributed by atoms with Crippen LogP contribution in [-0.2, 0) is 16.4 Å². The third-order valence-corrected chi connectivity index (χ3v) is 4.61. The van der Waals surface area contributed by atoms with Crippen LogP contribution in [0.15, 0.2) is 47.4 Å². The summed E-state index contributed by atoms with van der Waals surface area (Å²) in [6.45, 7) is 0.524. The van der Waals surface area contributed by atoms with Crippen molar-refractivity contribution in [2.45, 2.75) is 11.3 Å². The molecule has 0 aliphatic heterocycles. The number of hydrogen-bond donors (Lipinski definition) is 3. The minimum absolute atomic E-state index is 0.0439. The molecule has 0 unspecified atom stereocenters. The van der Waals surface area contributed by atoms with Gasteiger partial charge in [0.1, 0.15) is 5.82 Å². The third-order valence-electron chi connectivity index (χ3n) is 3.13. The number of thiocarbonyl (C=S) groups is 1. The molecule has 5 nitrogen and oxygen atoms in total. The highest BCUT2D eigenvalue weighted by Crippen LogP contribution is 2.18. The lowest BCUT2D eigenvalue weighted by molar-refractivity contribution is 0.597. The van der Waals surface area contributed by atoms with Crippen molar-refractivity contribution in [3.05, 3.63) is 58.9 Å². The second-order valence-electron chi connectivity index (χ2n) is 4.95. The Balaban J connectivity index is 1.83. The lowest BCUT2D eigenvalue weighted by Gasteiger charge is -2.11. The van der Waals surface area contributed by atoms with Crippen LogP contribution in [-0.4, -0.2) is 20.1 Å². The van der Waals surface area contributed by atoms with Crippen molar-refractivity contribution in [3.63, 3.8) is 0 Å². The normalized spacial score (nSPS) is 11.1. The Kier molecular flexibility index (Phi) is 6.11. The molecule has 0 aliphatic rings. The number of primary sulfonamides is 1. The summed E-state index contributed by atoms with van der Waals surface area (Å²) in [7, 11) is -3.68. The van der Waals surface area contributed by atoms with Gasteiger partial charge in [0.05, 0.1) is 9.92 Å². The summed E-state index contributed by atoms with van der Waals surface area (Å²) in [6, 6.07) is 10.6. The topological polar surface area (TPSA) is 84.2 Å². The molecule has 9 heteroatoms. The Morgan fingerprint density at radius 2 is 1.88 bits per heavy atom. The predicted molar refractivity (Wildman–Crippen MR) is 97.2 cm³/mol. The van der Waals surface area contributed by atoms with Crippen LogP contribution in [0.5, 0.6) is 0 Å². The van der Waals surface area contributed by atoms with E-state index in [0.29, 0.717) is 23.8 Å². The van der Waals surface area contributed by atoms with Gasteiger partial charge in [0, 0.05) is 12.2 Å². The molecule has 0 amide bonds. The number of hydrogen-bond acceptors (Lipinski definition) is 3. The Hall–Kier alpha value is -1.74. The molecule has 0 saturated carbocycles. The lowest BCUT2D eigenvalue weighted by Crippen LogP contribution is -2.30. The van der Waals surface area contributed by atoms with Gasteiger partial charge in [-0.25, -0.2) is 17.9 Å². The first-order valence-corrected chi connectivity index (χ1v) is 9.20. The van der Waals surface area contributed by atoms with E-state index in [4.69, 9.17) is 29.0 Å². The first kappa shape index (κ1) is 18.6. The molecule has 0 spiro atoms. The minimum Gasteiger partial charge on any atom is -0.362 e. The minimum atomic E-state index is -3.68. The number of rotatable bonds is 5. The molecule has 2 aromatic rings. The van der Waals surface area contributed by atoms with E-state index in [2.05, 4.69) is 10.6 Å². The number of sulfonamides is 1. The Labute approximate surface area is 150 Å². The first-order chi connectivity index (χ1) is 11.3. The van der Waals surface area contributed by atoms with Crippen LogP contribution in [0.4, 0.5) is 10.1 Å². The molecule has 0 bridgehead atoms. The van der Waals surface area contributed by atoms with Crippen molar-refractivity contribution < 1.29 is 12.8 Å². The highest BCUT2D eigenvalue weighted by Gasteiger charge is 2.07. The summed E-state index contributed by atoms with van der Waals surface area (Å²) in [4.78, 5) is 0.0705. The number of nitrogens with one attached hydrogen (secondary N) is 2. The molecule has 2 aromatic carbocycles. The fraction of sp³-hybridized carbons (Fsp3) is 0.133. The zero-order chi connectivity index (χ0) is 17.7. The summed E-state index contributed by atoms with van der Waals surface area (Å²) in [6.07, 6.45) is 0.627. The first-order valence-electron chi connectivity index (χ1n) is 6.87. The van der Waals surface area contributed by atoms with E-state index in [1.54, 1.807) is 18.2 Å². The molecule has 0 atom stereocenters. The van der Waals surface area contributed by atoms with E-state index in [9.17, 15) is 12.8 Å². The number of halogens is 2. The molecule has 24 heavy (non-hydrogen) atoms. The monoisotopic (exact) mass is 387 g/mol. The summed E-state index contributed by atoms with van der Waals surface area (Å²) < 4.78 is 35.7. The van der Waals surface area contributed by atoms with E-state index in [1.807, 2.05) is 0 Å². The Bertz CT molecular complexity index is 842. The summed E-state index contributed by atoms with van der Waals surface area (Å²) in [5.74, 6) is -0.528. The second-order valence-corrected chi connectivity index (χ2v) is 7.33. The number of benzene rings is 2. The van der Waals surface area contributed by atoms with Crippen molar-refractivity contribution in [1.82, 2.24) is 5.32 Å². The van der Waals surface area contributed by atoms with E-state index in [-0.39, 0.29) is 9.92 Å². The molecule has 0 saturated heterocycles. The van der Waals surface area contributed by atoms with Gasteiger partial charge in [-0.1, -0.05) is 23.7 Å². The van der Waals surface area contributed by atoms with Gasteiger partial charge in [-0.05, 0) is 54.5 Å². The maximum absolute atomic E-state index is 13.3. The van der Waals surface area contributed by atoms with Crippen molar-refractivity contribution in [1.29, 1.82) is 0 Å². The SMILES string of the molecule is NS(=O)(=O)c1ccc(CCNC(=S)Nc2ccc(Cl)c(F)c2)cc1. The average Bonchev–Trinajstić information content (AvgIpc) is 2.50. The van der Waals surface area contributed by atoms with Crippen LogP contribution >= 0.6 is 23.8 Å². The predicted octanol–water partition coefficient (Wildman–Crippen LogP) is 2.66. The van der Waals surface area contributed by atoms with Crippen LogP contribution in [0.25, 0.3) is 0 Å². The molecular formula is C15H15ClFN3O2S2. The molecule has 0 heterocycles. The van der Waals surface area contributed by atoms with Gasteiger partial charge in [-0.15, -0.1) is 0 Å². The number of anilines is 1. The zero-order valence-corrected chi connectivity index (χ0v) is 14.8. The van der Waals surface area contributed by atoms with Gasteiger partial charge in [0.2, 0.25) is 10.0 Å². The van der Waals surface area contributed by atoms with Crippen molar-refractivity contribution >= 4 is 44.6 Å². The van der Waals surface area contributed by atoms with Gasteiger partial charge in [-0.2, -0.15) is 0 Å². The van der Waals surface area contributed by atoms with Crippen molar-refractivity contribution in [3.8, 4) is 0 Å². The molecule has 128 valence electrons. The fourth-order valence-corrected chi connectivity index (χ4v) is 2.77. The largest absolute Gasteiger partial charge is 0.362 e. The van der Waals surface area contributed by atoms with Gasteiger partial charge in [0.15, 0.2) is 5.11 Å². The number of nitrogens with two attached hydrogens (primary N) is 1. The molecule has 0 fully saturated rings. The molecular weight excluding hydrogens is 373 g/mol. The second kappa shape index (κ2) is 7.89. The fourth-order valence-electron chi connectivity index (χ4n) is 1.92. The standard InChI is InChI=1S/C15H15ClFN3O2S2/c16-13-6-3-11(9-14(13)17)20-15(23)19-8-7-10-1-4-12(5-2-10)24(18,21)22/h1-6,9H,7-8H2,(H2,18,21,22)(H2,19,20,23). The summed E-state index contributed by atoms with van der Waals surface area (Å²) in [5.41, 5.74) is 1.42. The van der Waals surface area contributed by atoms with Gasteiger partial charge in [0.25, 0.3) is 0 Å². The van der Waals surface area contributed by atoms with Crippen LogP contribution in [0.2, 0.25) is 5.02 Å². The Morgan fingerprint density at radius 1 is 1.21 bits per heavy atom. The van der Waals surface area contributed by atoms with Crippen molar-refractivity contribution in [2.75, 3.05) is 11.9 Å². The molecule has 0 aliphatic carbocycles. The maximum atomic E-state index is 13.3.